The second-order valence-electron chi connectivity index (χ2n) is 5.43. The Balaban J connectivity index is 2.51. The maximum atomic E-state index is 12.2. The fourth-order valence-electron chi connectivity index (χ4n) is 2.66. The highest BCUT2D eigenvalue weighted by atomic mass is 32.2. The number of nitrogens with one attached hydrogen (secondary N) is 1. The topological polar surface area (TPSA) is 86.8 Å². The van der Waals surface area contributed by atoms with E-state index >= 15 is 0 Å². The minimum atomic E-state index is -3.08. The first-order valence-electron chi connectivity index (χ1n) is 7.86. The van der Waals surface area contributed by atoms with E-state index in [1.807, 2.05) is 13.8 Å². The molecular formula is C14H27N3O4S. The van der Waals surface area contributed by atoms with Crippen LogP contribution in [0.1, 0.15) is 27.2 Å². The van der Waals surface area contributed by atoms with E-state index in [0.29, 0.717) is 26.1 Å². The molecule has 1 saturated heterocycles. The molecule has 0 radical (unpaired) electrons. The summed E-state index contributed by atoms with van der Waals surface area (Å²) in [6.07, 6.45) is 0.411. The van der Waals surface area contributed by atoms with Crippen LogP contribution in [0.3, 0.4) is 0 Å². The van der Waals surface area contributed by atoms with Crippen LogP contribution in [-0.2, 0) is 19.4 Å². The van der Waals surface area contributed by atoms with Crippen LogP contribution >= 0.6 is 0 Å². The molecule has 1 aliphatic rings. The van der Waals surface area contributed by atoms with Crippen molar-refractivity contribution >= 4 is 21.7 Å². The fraction of sp³-hybridized carbons (Fsp3) is 0.857. The number of likely N-dealkylation sites (N-methyl/N-ethyl adjacent to an activating group) is 2. The number of carbonyl (C=O) groups excluding carboxylic acids is 2. The van der Waals surface area contributed by atoms with Gasteiger partial charge in [0.2, 0.25) is 0 Å². The molecule has 1 fully saturated rings. The summed E-state index contributed by atoms with van der Waals surface area (Å²) in [5.74, 6) is -1.24. The highest BCUT2D eigenvalue weighted by molar-refractivity contribution is 7.91. The molecule has 7 nitrogen and oxygen atoms in total. The Bertz CT molecular complexity index is 488. The van der Waals surface area contributed by atoms with Crippen molar-refractivity contribution in [3.05, 3.63) is 0 Å². The van der Waals surface area contributed by atoms with Gasteiger partial charge >= 0.3 is 11.8 Å². The van der Waals surface area contributed by atoms with E-state index in [2.05, 4.69) is 10.2 Å². The van der Waals surface area contributed by atoms with Crippen LogP contribution in [0.25, 0.3) is 0 Å². The molecule has 0 aromatic rings. The standard InChI is InChI=1S/C14H27N3O4S/c1-4-16(5-2)9-8-15-13(18)14(19)17(6-3)12-7-10-22(20,21)11-12/h12H,4-11H2,1-3H3,(H,15,18). The highest BCUT2D eigenvalue weighted by Gasteiger charge is 2.35. The Labute approximate surface area is 132 Å². The maximum absolute atomic E-state index is 12.2. The summed E-state index contributed by atoms with van der Waals surface area (Å²) in [5.41, 5.74) is 0. The van der Waals surface area contributed by atoms with Crippen LogP contribution in [-0.4, -0.2) is 80.3 Å². The van der Waals surface area contributed by atoms with Gasteiger partial charge in [-0.2, -0.15) is 0 Å². The highest BCUT2D eigenvalue weighted by Crippen LogP contribution is 2.17. The van der Waals surface area contributed by atoms with Crippen LogP contribution in [0, 0.1) is 0 Å². The van der Waals surface area contributed by atoms with E-state index in [1.54, 1.807) is 6.92 Å². The van der Waals surface area contributed by atoms with Gasteiger partial charge in [0.15, 0.2) is 9.84 Å². The monoisotopic (exact) mass is 333 g/mol. The van der Waals surface area contributed by atoms with Gasteiger partial charge in [-0.25, -0.2) is 8.42 Å². The van der Waals surface area contributed by atoms with Gasteiger partial charge in [-0.15, -0.1) is 0 Å². The average molecular weight is 333 g/mol. The van der Waals surface area contributed by atoms with Gasteiger partial charge in [-0.3, -0.25) is 9.59 Å². The van der Waals surface area contributed by atoms with Gasteiger partial charge in [-0.1, -0.05) is 13.8 Å². The molecule has 0 aromatic carbocycles. The van der Waals surface area contributed by atoms with Crippen molar-refractivity contribution in [1.29, 1.82) is 0 Å². The van der Waals surface area contributed by atoms with Crippen molar-refractivity contribution in [2.45, 2.75) is 33.2 Å². The van der Waals surface area contributed by atoms with Crippen molar-refractivity contribution in [1.82, 2.24) is 15.1 Å². The van der Waals surface area contributed by atoms with Crippen molar-refractivity contribution in [2.75, 3.05) is 44.2 Å². The molecule has 1 rings (SSSR count). The Morgan fingerprint density at radius 1 is 1.14 bits per heavy atom. The quantitative estimate of drug-likeness (QED) is 0.634. The first-order chi connectivity index (χ1) is 10.3. The van der Waals surface area contributed by atoms with E-state index in [1.165, 1.54) is 4.90 Å². The molecule has 0 spiro atoms. The Kier molecular flexibility index (Phi) is 7.28. The van der Waals surface area contributed by atoms with E-state index in [9.17, 15) is 18.0 Å². The number of rotatable bonds is 7. The molecule has 1 aliphatic heterocycles. The zero-order valence-electron chi connectivity index (χ0n) is 13.7. The summed E-state index contributed by atoms with van der Waals surface area (Å²) in [4.78, 5) is 27.7. The summed E-state index contributed by atoms with van der Waals surface area (Å²) in [6, 6.07) is -0.379. The lowest BCUT2D eigenvalue weighted by Gasteiger charge is -2.26. The number of hydrogen-bond acceptors (Lipinski definition) is 5. The average Bonchev–Trinajstić information content (AvgIpc) is 2.84. The third-order valence-corrected chi connectivity index (χ3v) is 5.80. The summed E-state index contributed by atoms with van der Waals surface area (Å²) in [7, 11) is -3.08. The van der Waals surface area contributed by atoms with Crippen LogP contribution in [0.5, 0.6) is 0 Å². The molecule has 8 heteroatoms. The van der Waals surface area contributed by atoms with Gasteiger partial charge in [0.25, 0.3) is 0 Å². The normalized spacial score (nSPS) is 20.1. The van der Waals surface area contributed by atoms with Gasteiger partial charge in [0, 0.05) is 25.7 Å². The lowest BCUT2D eigenvalue weighted by atomic mass is 10.2. The third kappa shape index (κ3) is 5.24. The minimum Gasteiger partial charge on any atom is -0.347 e. The number of hydrogen-bond donors (Lipinski definition) is 1. The largest absolute Gasteiger partial charge is 0.347 e. The molecule has 0 saturated carbocycles. The molecule has 1 heterocycles. The lowest BCUT2D eigenvalue weighted by Crippen LogP contribution is -2.49. The van der Waals surface area contributed by atoms with Crippen LogP contribution < -0.4 is 5.32 Å². The molecular weight excluding hydrogens is 306 g/mol. The Hall–Kier alpha value is -1.15. The van der Waals surface area contributed by atoms with Gasteiger partial charge in [0.1, 0.15) is 0 Å². The second kappa shape index (κ2) is 8.47. The van der Waals surface area contributed by atoms with Crippen LogP contribution in [0.2, 0.25) is 0 Å². The molecule has 1 N–H and O–H groups in total. The van der Waals surface area contributed by atoms with E-state index < -0.39 is 21.7 Å². The molecule has 128 valence electrons. The van der Waals surface area contributed by atoms with Gasteiger partial charge in [-0.05, 0) is 26.4 Å². The minimum absolute atomic E-state index is 0.0424. The molecule has 2 amide bonds. The first-order valence-corrected chi connectivity index (χ1v) is 9.68. The molecule has 1 atom stereocenters. The second-order valence-corrected chi connectivity index (χ2v) is 7.66. The van der Waals surface area contributed by atoms with Crippen molar-refractivity contribution in [3.8, 4) is 0 Å². The van der Waals surface area contributed by atoms with Crippen LogP contribution in [0.4, 0.5) is 0 Å². The zero-order chi connectivity index (χ0) is 16.8. The van der Waals surface area contributed by atoms with Crippen molar-refractivity contribution in [3.63, 3.8) is 0 Å². The molecule has 1 unspecified atom stereocenters. The lowest BCUT2D eigenvalue weighted by molar-refractivity contribution is -0.147. The van der Waals surface area contributed by atoms with Crippen LogP contribution in [0.15, 0.2) is 0 Å². The predicted octanol–water partition coefficient (Wildman–Crippen LogP) is -0.520. The summed E-state index contributed by atoms with van der Waals surface area (Å²) < 4.78 is 23.0. The summed E-state index contributed by atoms with van der Waals surface area (Å²) >= 11 is 0. The van der Waals surface area contributed by atoms with Gasteiger partial charge < -0.3 is 15.1 Å². The smallest absolute Gasteiger partial charge is 0.312 e. The summed E-state index contributed by atoms with van der Waals surface area (Å²) in [5, 5.41) is 2.62. The van der Waals surface area contributed by atoms with E-state index in [-0.39, 0.29) is 17.5 Å². The number of nitrogens with zero attached hydrogens (tertiary/aromatic N) is 2. The summed E-state index contributed by atoms with van der Waals surface area (Å²) in [6.45, 7) is 9.05. The Morgan fingerprint density at radius 2 is 1.77 bits per heavy atom. The fourth-order valence-corrected chi connectivity index (χ4v) is 4.39. The zero-order valence-corrected chi connectivity index (χ0v) is 14.5. The molecule has 0 bridgehead atoms. The predicted molar refractivity (Wildman–Crippen MR) is 85.2 cm³/mol. The number of amides is 2. The number of carbonyl (C=O) groups is 2. The maximum Gasteiger partial charge on any atom is 0.312 e. The first kappa shape index (κ1) is 18.9. The molecule has 0 aliphatic carbocycles. The number of sulfone groups is 1. The molecule has 0 aromatic heterocycles. The molecule has 22 heavy (non-hydrogen) atoms. The Morgan fingerprint density at radius 3 is 2.23 bits per heavy atom. The van der Waals surface area contributed by atoms with Crippen molar-refractivity contribution in [2.24, 2.45) is 0 Å². The SMILES string of the molecule is CCN(CC)CCNC(=O)C(=O)N(CC)C1CCS(=O)(=O)C1. The van der Waals surface area contributed by atoms with E-state index in [0.717, 1.165) is 13.1 Å². The van der Waals surface area contributed by atoms with Gasteiger partial charge in [0.05, 0.1) is 11.5 Å². The van der Waals surface area contributed by atoms with E-state index in [4.69, 9.17) is 0 Å². The van der Waals surface area contributed by atoms with Crippen molar-refractivity contribution < 1.29 is 18.0 Å². The third-order valence-electron chi connectivity index (χ3n) is 4.05.